The van der Waals surface area contributed by atoms with Gasteiger partial charge in [0.25, 0.3) is 0 Å². The van der Waals surface area contributed by atoms with Crippen molar-refractivity contribution in [2.75, 3.05) is 5.75 Å². The van der Waals surface area contributed by atoms with E-state index in [0.717, 1.165) is 21.7 Å². The molecule has 0 saturated heterocycles. The molecular weight excluding hydrogens is 272 g/mol. The number of halogens is 1. The van der Waals surface area contributed by atoms with E-state index in [-0.39, 0.29) is 6.61 Å². The van der Waals surface area contributed by atoms with Gasteiger partial charge in [-0.25, -0.2) is 0 Å². The number of thioether (sulfide) groups is 1. The molecule has 0 spiro atoms. The van der Waals surface area contributed by atoms with Crippen molar-refractivity contribution >= 4 is 27.7 Å². The molecule has 1 unspecified atom stereocenters. The normalized spacial score (nSPS) is 12.8. The fourth-order valence-corrected chi connectivity index (χ4v) is 2.94. The van der Waals surface area contributed by atoms with Gasteiger partial charge in [0, 0.05) is 15.1 Å². The topological polar surface area (TPSA) is 20.2 Å². The lowest BCUT2D eigenvalue weighted by molar-refractivity contribution is 0.281. The Labute approximate surface area is 104 Å². The molecule has 15 heavy (non-hydrogen) atoms. The van der Waals surface area contributed by atoms with Crippen LogP contribution in [0.25, 0.3) is 0 Å². The van der Waals surface area contributed by atoms with E-state index in [4.69, 9.17) is 5.11 Å². The number of hydrogen-bond acceptors (Lipinski definition) is 2. The van der Waals surface area contributed by atoms with E-state index in [1.165, 1.54) is 11.3 Å². The maximum atomic E-state index is 8.98. The first-order valence-corrected chi connectivity index (χ1v) is 6.97. The molecule has 1 aromatic rings. The highest BCUT2D eigenvalue weighted by Gasteiger charge is 2.04. The van der Waals surface area contributed by atoms with Crippen LogP contribution in [0.2, 0.25) is 0 Å². The molecule has 1 N–H and O–H groups in total. The summed E-state index contributed by atoms with van der Waals surface area (Å²) < 4.78 is 1.09. The van der Waals surface area contributed by atoms with Gasteiger partial charge in [-0.2, -0.15) is 0 Å². The van der Waals surface area contributed by atoms with Gasteiger partial charge < -0.3 is 5.11 Å². The van der Waals surface area contributed by atoms with Crippen LogP contribution >= 0.6 is 27.7 Å². The summed E-state index contributed by atoms with van der Waals surface area (Å²) in [5, 5.41) is 8.98. The lowest BCUT2D eigenvalue weighted by atomic mass is 10.2. The molecule has 0 radical (unpaired) electrons. The molecule has 0 aromatic heterocycles. The third kappa shape index (κ3) is 4.17. The molecule has 0 heterocycles. The molecule has 3 heteroatoms. The smallest absolute Gasteiger partial charge is 0.0682 e. The Morgan fingerprint density at radius 1 is 1.47 bits per heavy atom. The first-order chi connectivity index (χ1) is 7.17. The predicted molar refractivity (Wildman–Crippen MR) is 70.2 cm³/mol. The highest BCUT2D eigenvalue weighted by Crippen LogP contribution is 2.30. The number of hydrogen-bond donors (Lipinski definition) is 1. The Morgan fingerprint density at radius 3 is 2.73 bits per heavy atom. The van der Waals surface area contributed by atoms with Crippen molar-refractivity contribution < 1.29 is 5.11 Å². The van der Waals surface area contributed by atoms with Crippen LogP contribution in [0.4, 0.5) is 0 Å². The summed E-state index contributed by atoms with van der Waals surface area (Å²) in [5.74, 6) is 1.90. The van der Waals surface area contributed by atoms with Crippen LogP contribution in [0.3, 0.4) is 0 Å². The molecule has 0 fully saturated rings. The molecule has 1 rings (SSSR count). The van der Waals surface area contributed by atoms with Crippen molar-refractivity contribution in [3.05, 3.63) is 28.2 Å². The summed E-state index contributed by atoms with van der Waals surface area (Å²) in [7, 11) is 0. The standard InChI is InChI=1S/C12H17BrOS/c1-3-9(2)8-15-12-5-4-10(7-14)6-11(12)13/h4-6,9,14H,3,7-8H2,1-2H3. The average Bonchev–Trinajstić information content (AvgIpc) is 2.26. The van der Waals surface area contributed by atoms with E-state index in [2.05, 4.69) is 35.8 Å². The second-order valence-electron chi connectivity index (χ2n) is 3.75. The third-order valence-electron chi connectivity index (χ3n) is 2.40. The summed E-state index contributed by atoms with van der Waals surface area (Å²) in [4.78, 5) is 1.26. The number of aliphatic hydroxyl groups excluding tert-OH is 1. The Bertz CT molecular complexity index is 314. The van der Waals surface area contributed by atoms with Crippen LogP contribution in [0.5, 0.6) is 0 Å². The number of aliphatic hydroxyl groups is 1. The molecule has 0 amide bonds. The lowest BCUT2D eigenvalue weighted by Gasteiger charge is -2.09. The van der Waals surface area contributed by atoms with Gasteiger partial charge in [0.2, 0.25) is 0 Å². The maximum absolute atomic E-state index is 8.98. The van der Waals surface area contributed by atoms with Crippen molar-refractivity contribution in [3.63, 3.8) is 0 Å². The van der Waals surface area contributed by atoms with Crippen molar-refractivity contribution in [1.29, 1.82) is 0 Å². The van der Waals surface area contributed by atoms with Gasteiger partial charge >= 0.3 is 0 Å². The van der Waals surface area contributed by atoms with Gasteiger partial charge in [0.15, 0.2) is 0 Å². The zero-order chi connectivity index (χ0) is 11.3. The Morgan fingerprint density at radius 2 is 2.20 bits per heavy atom. The first kappa shape index (κ1) is 13.1. The fourth-order valence-electron chi connectivity index (χ4n) is 1.11. The zero-order valence-corrected chi connectivity index (χ0v) is 11.6. The molecular formula is C12H17BrOS. The SMILES string of the molecule is CCC(C)CSc1ccc(CO)cc1Br. The summed E-state index contributed by atoms with van der Waals surface area (Å²) in [5.41, 5.74) is 0.953. The Balaban J connectivity index is 2.62. The van der Waals surface area contributed by atoms with E-state index < -0.39 is 0 Å². The molecule has 0 bridgehead atoms. The number of benzene rings is 1. The monoisotopic (exact) mass is 288 g/mol. The Kier molecular flexibility index (Phi) is 5.72. The van der Waals surface area contributed by atoms with Gasteiger partial charge in [-0.05, 0) is 39.5 Å². The molecule has 84 valence electrons. The molecule has 0 aliphatic rings. The van der Waals surface area contributed by atoms with Crippen LogP contribution in [0.15, 0.2) is 27.6 Å². The number of rotatable bonds is 5. The van der Waals surface area contributed by atoms with Crippen LogP contribution in [-0.4, -0.2) is 10.9 Å². The fraction of sp³-hybridized carbons (Fsp3) is 0.500. The van der Waals surface area contributed by atoms with Crippen molar-refractivity contribution in [2.45, 2.75) is 31.8 Å². The first-order valence-electron chi connectivity index (χ1n) is 5.19. The Hall–Kier alpha value is 0.01000. The largest absolute Gasteiger partial charge is 0.392 e. The minimum Gasteiger partial charge on any atom is -0.392 e. The van der Waals surface area contributed by atoms with Gasteiger partial charge in [-0.15, -0.1) is 11.8 Å². The second kappa shape index (κ2) is 6.56. The summed E-state index contributed by atoms with van der Waals surface area (Å²) in [6, 6.07) is 6.03. The average molecular weight is 289 g/mol. The van der Waals surface area contributed by atoms with Gasteiger partial charge in [0.05, 0.1) is 6.61 Å². The van der Waals surface area contributed by atoms with Crippen LogP contribution < -0.4 is 0 Å². The molecule has 0 aliphatic heterocycles. The third-order valence-corrected chi connectivity index (χ3v) is 4.72. The predicted octanol–water partition coefficient (Wildman–Crippen LogP) is 4.08. The van der Waals surface area contributed by atoms with E-state index in [9.17, 15) is 0 Å². The minimum absolute atomic E-state index is 0.106. The van der Waals surface area contributed by atoms with E-state index in [0.29, 0.717) is 0 Å². The maximum Gasteiger partial charge on any atom is 0.0682 e. The van der Waals surface area contributed by atoms with Crippen LogP contribution in [0.1, 0.15) is 25.8 Å². The molecule has 0 aliphatic carbocycles. The van der Waals surface area contributed by atoms with Gasteiger partial charge in [0.1, 0.15) is 0 Å². The zero-order valence-electron chi connectivity index (χ0n) is 9.16. The van der Waals surface area contributed by atoms with Crippen molar-refractivity contribution in [1.82, 2.24) is 0 Å². The highest BCUT2D eigenvalue weighted by molar-refractivity contribution is 9.10. The highest BCUT2D eigenvalue weighted by atomic mass is 79.9. The lowest BCUT2D eigenvalue weighted by Crippen LogP contribution is -1.95. The summed E-state index contributed by atoms with van der Waals surface area (Å²) >= 11 is 5.40. The van der Waals surface area contributed by atoms with Gasteiger partial charge in [-0.3, -0.25) is 0 Å². The molecule has 1 aromatic carbocycles. The van der Waals surface area contributed by atoms with Crippen LogP contribution in [-0.2, 0) is 6.61 Å². The second-order valence-corrected chi connectivity index (χ2v) is 5.66. The summed E-state index contributed by atoms with van der Waals surface area (Å²) in [6.07, 6.45) is 1.22. The molecule has 1 nitrogen and oxygen atoms in total. The minimum atomic E-state index is 0.106. The van der Waals surface area contributed by atoms with E-state index in [1.807, 2.05) is 23.9 Å². The van der Waals surface area contributed by atoms with Crippen molar-refractivity contribution in [3.8, 4) is 0 Å². The summed E-state index contributed by atoms with van der Waals surface area (Å²) in [6.45, 7) is 4.59. The van der Waals surface area contributed by atoms with E-state index >= 15 is 0 Å². The quantitative estimate of drug-likeness (QED) is 0.824. The van der Waals surface area contributed by atoms with Crippen molar-refractivity contribution in [2.24, 2.45) is 5.92 Å². The molecule has 1 atom stereocenters. The van der Waals surface area contributed by atoms with Crippen LogP contribution in [0, 0.1) is 5.92 Å². The van der Waals surface area contributed by atoms with Gasteiger partial charge in [-0.1, -0.05) is 26.3 Å². The molecule has 0 saturated carbocycles. The van der Waals surface area contributed by atoms with E-state index in [1.54, 1.807) is 0 Å².